The Kier molecular flexibility index (Phi) is 6.30. The van der Waals surface area contributed by atoms with E-state index in [9.17, 15) is 26.9 Å². The zero-order chi connectivity index (χ0) is 26.3. The second-order valence-corrected chi connectivity index (χ2v) is 9.43. The molecular weight excluding hydrogens is 495 g/mol. The van der Waals surface area contributed by atoms with Crippen LogP contribution in [0.1, 0.15) is 36.6 Å². The zero-order valence-electron chi connectivity index (χ0n) is 18.9. The number of anilines is 2. The highest BCUT2D eigenvalue weighted by molar-refractivity contribution is 7.89. The number of nitrogens with zero attached hydrogens (tertiary/aromatic N) is 6. The summed E-state index contributed by atoms with van der Waals surface area (Å²) >= 11 is 0. The van der Waals surface area contributed by atoms with E-state index in [1.54, 1.807) is 19.1 Å². The second kappa shape index (κ2) is 9.11. The molecule has 184 valence electrons. The number of alkyl halides is 3. The van der Waals surface area contributed by atoms with Crippen LogP contribution in [0.4, 0.5) is 24.8 Å². The van der Waals surface area contributed by atoms with Gasteiger partial charge in [-0.05, 0) is 42.8 Å². The van der Waals surface area contributed by atoms with Gasteiger partial charge in [-0.1, -0.05) is 25.1 Å². The third kappa shape index (κ3) is 4.30. The van der Waals surface area contributed by atoms with E-state index in [4.69, 9.17) is 5.26 Å². The van der Waals surface area contributed by atoms with Crippen LogP contribution in [-0.2, 0) is 16.2 Å². The lowest BCUT2D eigenvalue weighted by atomic mass is 9.95. The number of nitriles is 2. The number of halogens is 3. The second-order valence-electron chi connectivity index (χ2n) is 7.77. The third-order valence-corrected chi connectivity index (χ3v) is 6.84. The van der Waals surface area contributed by atoms with Gasteiger partial charge in [0, 0.05) is 17.9 Å². The van der Waals surface area contributed by atoms with E-state index in [1.165, 1.54) is 40.8 Å². The van der Waals surface area contributed by atoms with Crippen molar-refractivity contribution < 1.29 is 21.6 Å². The van der Waals surface area contributed by atoms with Crippen LogP contribution in [0.5, 0.6) is 0 Å². The average molecular weight is 514 g/mol. The number of allylic oxidation sites excluding steroid dienone is 2. The molecule has 1 unspecified atom stereocenters. The highest BCUT2D eigenvalue weighted by Crippen LogP contribution is 2.43. The minimum absolute atomic E-state index is 0.0226. The molecule has 1 aromatic heterocycles. The maximum atomic E-state index is 13.4. The normalized spacial score (nSPS) is 15.9. The van der Waals surface area contributed by atoms with Crippen LogP contribution >= 0.6 is 0 Å². The molecule has 13 heteroatoms. The number of benzene rings is 2. The van der Waals surface area contributed by atoms with Crippen molar-refractivity contribution >= 4 is 21.7 Å². The van der Waals surface area contributed by atoms with Crippen molar-refractivity contribution in [3.05, 3.63) is 76.5 Å². The van der Waals surface area contributed by atoms with Gasteiger partial charge in [0.15, 0.2) is 0 Å². The molecule has 0 saturated carbocycles. The smallest absolute Gasteiger partial charge is 0.282 e. The van der Waals surface area contributed by atoms with Crippen molar-refractivity contribution in [2.24, 2.45) is 0 Å². The number of sulfonamides is 1. The van der Waals surface area contributed by atoms with Crippen LogP contribution in [-0.4, -0.2) is 29.7 Å². The standard InChI is InChI=1S/C23H18F3N7O2S/c1-3-29-36(34,35)21-30-22-32(18-6-4-5-17(11-18)23(24,25)26)14(2)19(13-28)20(33(22)31-21)16-9-7-15(12-27)8-10-16/h4-11,20,29H,3H2,1-2H3. The summed E-state index contributed by atoms with van der Waals surface area (Å²) in [5, 5.41) is 22.7. The number of rotatable bonds is 5. The molecule has 3 aromatic rings. The van der Waals surface area contributed by atoms with E-state index in [0.29, 0.717) is 11.1 Å². The first-order valence-corrected chi connectivity index (χ1v) is 12.0. The summed E-state index contributed by atoms with van der Waals surface area (Å²) in [4.78, 5) is 5.44. The number of nitrogens with one attached hydrogen (secondary N) is 1. The topological polar surface area (TPSA) is 128 Å². The van der Waals surface area contributed by atoms with Crippen molar-refractivity contribution in [3.8, 4) is 12.1 Å². The van der Waals surface area contributed by atoms with E-state index in [2.05, 4.69) is 20.9 Å². The summed E-state index contributed by atoms with van der Waals surface area (Å²) < 4.78 is 69.2. The number of hydrogen-bond donors (Lipinski definition) is 1. The maximum absolute atomic E-state index is 13.4. The number of hydrogen-bond acceptors (Lipinski definition) is 7. The van der Waals surface area contributed by atoms with E-state index in [-0.39, 0.29) is 29.5 Å². The van der Waals surface area contributed by atoms with E-state index in [1.807, 2.05) is 6.07 Å². The minimum atomic E-state index is -4.63. The van der Waals surface area contributed by atoms with Gasteiger partial charge in [-0.25, -0.2) is 17.8 Å². The van der Waals surface area contributed by atoms with Crippen LogP contribution in [0.15, 0.2) is 65.0 Å². The lowest BCUT2D eigenvalue weighted by molar-refractivity contribution is -0.137. The Balaban J connectivity index is 2.00. The molecule has 1 aliphatic rings. The molecule has 0 fully saturated rings. The van der Waals surface area contributed by atoms with Crippen LogP contribution in [0, 0.1) is 22.7 Å². The molecule has 36 heavy (non-hydrogen) atoms. The molecule has 2 heterocycles. The molecule has 9 nitrogen and oxygen atoms in total. The van der Waals surface area contributed by atoms with Gasteiger partial charge in [0.2, 0.25) is 5.95 Å². The average Bonchev–Trinajstić information content (AvgIpc) is 3.28. The molecule has 4 rings (SSSR count). The first-order valence-electron chi connectivity index (χ1n) is 10.6. The molecule has 0 bridgehead atoms. The Hall–Kier alpha value is -4.20. The van der Waals surface area contributed by atoms with Crippen LogP contribution in [0.3, 0.4) is 0 Å². The predicted molar refractivity (Wildman–Crippen MR) is 122 cm³/mol. The van der Waals surface area contributed by atoms with E-state index >= 15 is 0 Å². The van der Waals surface area contributed by atoms with Crippen LogP contribution in [0.25, 0.3) is 0 Å². The monoisotopic (exact) mass is 513 g/mol. The predicted octanol–water partition coefficient (Wildman–Crippen LogP) is 4.01. The first-order chi connectivity index (χ1) is 17.0. The van der Waals surface area contributed by atoms with Crippen LogP contribution in [0.2, 0.25) is 0 Å². The van der Waals surface area contributed by atoms with Crippen molar-refractivity contribution in [2.45, 2.75) is 31.2 Å². The minimum Gasteiger partial charge on any atom is -0.282 e. The lowest BCUT2D eigenvalue weighted by Gasteiger charge is -2.34. The van der Waals surface area contributed by atoms with E-state index in [0.717, 1.165) is 12.1 Å². The van der Waals surface area contributed by atoms with Crippen molar-refractivity contribution in [1.82, 2.24) is 19.5 Å². The van der Waals surface area contributed by atoms with E-state index < -0.39 is 33.0 Å². The molecule has 0 radical (unpaired) electrons. The summed E-state index contributed by atoms with van der Waals surface area (Å²) in [5.41, 5.74) is 0.336. The van der Waals surface area contributed by atoms with Gasteiger partial charge in [-0.15, -0.1) is 5.10 Å². The fourth-order valence-electron chi connectivity index (χ4n) is 3.90. The van der Waals surface area contributed by atoms with Gasteiger partial charge in [0.05, 0.1) is 28.8 Å². The SMILES string of the molecule is CCNS(=O)(=O)c1nc2n(n1)C(c1ccc(C#N)cc1)C(C#N)=C(C)N2c1cccc(C(F)(F)F)c1. The fraction of sp³-hybridized carbons (Fsp3) is 0.217. The molecule has 2 aromatic carbocycles. The molecule has 1 N–H and O–H groups in total. The number of fused-ring (bicyclic) bond motifs is 1. The third-order valence-electron chi connectivity index (χ3n) is 5.52. The van der Waals surface area contributed by atoms with Crippen molar-refractivity contribution in [2.75, 3.05) is 11.4 Å². The lowest BCUT2D eigenvalue weighted by Crippen LogP contribution is -2.31. The van der Waals surface area contributed by atoms with Gasteiger partial charge in [0.1, 0.15) is 6.04 Å². The van der Waals surface area contributed by atoms with Gasteiger partial charge in [-0.3, -0.25) is 4.90 Å². The van der Waals surface area contributed by atoms with Crippen molar-refractivity contribution in [3.63, 3.8) is 0 Å². The zero-order valence-corrected chi connectivity index (χ0v) is 19.8. The summed E-state index contributed by atoms with van der Waals surface area (Å²) in [7, 11) is -4.14. The fourth-order valence-corrected chi connectivity index (χ4v) is 4.81. The highest BCUT2D eigenvalue weighted by atomic mass is 32.2. The Morgan fingerprint density at radius 3 is 2.39 bits per heavy atom. The summed E-state index contributed by atoms with van der Waals surface area (Å²) in [6, 6.07) is 13.8. The highest BCUT2D eigenvalue weighted by Gasteiger charge is 2.38. The van der Waals surface area contributed by atoms with Gasteiger partial charge in [-0.2, -0.15) is 28.7 Å². The molecular formula is C23H18F3N7O2S. The Labute approximate surface area is 204 Å². The summed E-state index contributed by atoms with van der Waals surface area (Å²) in [6.45, 7) is 3.16. The van der Waals surface area contributed by atoms with Crippen LogP contribution < -0.4 is 9.62 Å². The summed E-state index contributed by atoms with van der Waals surface area (Å²) in [5.74, 6) is -0.0864. The molecule has 0 aliphatic carbocycles. The van der Waals surface area contributed by atoms with Gasteiger partial charge >= 0.3 is 6.18 Å². The largest absolute Gasteiger partial charge is 0.416 e. The quantitative estimate of drug-likeness (QED) is 0.546. The maximum Gasteiger partial charge on any atom is 0.416 e. The Morgan fingerprint density at radius 2 is 1.81 bits per heavy atom. The Morgan fingerprint density at radius 1 is 1.11 bits per heavy atom. The molecule has 0 saturated heterocycles. The summed E-state index contributed by atoms with van der Waals surface area (Å²) in [6.07, 6.45) is -4.63. The van der Waals surface area contributed by atoms with Crippen molar-refractivity contribution in [1.29, 1.82) is 10.5 Å². The molecule has 0 spiro atoms. The molecule has 1 aliphatic heterocycles. The van der Waals surface area contributed by atoms with Gasteiger partial charge in [0.25, 0.3) is 15.2 Å². The molecule has 0 amide bonds. The van der Waals surface area contributed by atoms with Gasteiger partial charge < -0.3 is 0 Å². The molecule has 1 atom stereocenters. The number of aromatic nitrogens is 3. The Bertz CT molecular complexity index is 1550. The first kappa shape index (κ1) is 24.9.